The average molecular weight is 270 g/mol. The zero-order chi connectivity index (χ0) is 12.5. The lowest BCUT2D eigenvalue weighted by Gasteiger charge is -2.42. The summed E-state index contributed by atoms with van der Waals surface area (Å²) in [6, 6.07) is 1.50. The monoisotopic (exact) mass is 269 g/mol. The molecule has 2 atom stereocenters. The third-order valence-electron chi connectivity index (χ3n) is 4.14. The van der Waals surface area contributed by atoms with E-state index in [4.69, 9.17) is 11.6 Å². The molecule has 2 fully saturated rings. The second kappa shape index (κ2) is 5.02. The molecule has 0 aliphatic carbocycles. The van der Waals surface area contributed by atoms with E-state index in [0.29, 0.717) is 0 Å². The van der Waals surface area contributed by atoms with E-state index in [1.165, 1.54) is 18.9 Å². The summed E-state index contributed by atoms with van der Waals surface area (Å²) in [5.41, 5.74) is 0.855. The predicted octanol–water partition coefficient (Wildman–Crippen LogP) is 2.31. The smallest absolute Gasteiger partial charge is 0.164 e. The number of piperidine rings is 2. The molecule has 18 heavy (non-hydrogen) atoms. The van der Waals surface area contributed by atoms with Crippen LogP contribution in [-0.4, -0.2) is 31.2 Å². The molecule has 0 spiro atoms. The van der Waals surface area contributed by atoms with Crippen molar-refractivity contribution < 1.29 is 4.39 Å². The third-order valence-corrected chi connectivity index (χ3v) is 4.41. The van der Waals surface area contributed by atoms with Gasteiger partial charge in [0.25, 0.3) is 0 Å². The molecule has 0 radical (unpaired) electrons. The molecule has 3 heterocycles. The van der Waals surface area contributed by atoms with Gasteiger partial charge in [-0.25, -0.2) is 9.37 Å². The van der Waals surface area contributed by atoms with Crippen LogP contribution in [0.2, 0.25) is 5.15 Å². The van der Waals surface area contributed by atoms with Crippen LogP contribution < -0.4 is 10.2 Å². The fourth-order valence-corrected chi connectivity index (χ4v) is 3.17. The van der Waals surface area contributed by atoms with Crippen molar-refractivity contribution >= 4 is 17.3 Å². The summed E-state index contributed by atoms with van der Waals surface area (Å²) in [5.74, 6) is 1.07. The Morgan fingerprint density at radius 1 is 1.39 bits per heavy atom. The molecule has 0 unspecified atom stereocenters. The number of pyridine rings is 1. The zero-order valence-electron chi connectivity index (χ0n) is 10.2. The number of aromatic nitrogens is 1. The Morgan fingerprint density at radius 3 is 3.11 bits per heavy atom. The first-order valence-electron chi connectivity index (χ1n) is 6.51. The summed E-state index contributed by atoms with van der Waals surface area (Å²) in [7, 11) is 0. The standard InChI is InChI=1S/C13H17ClFN3/c14-13-12(15)5-11(7-17-13)18-4-2-9-6-16-3-1-10(9)8-18/h5,7,9-10,16H,1-4,6,8H2/t9-,10-/m0/s1. The van der Waals surface area contributed by atoms with Crippen LogP contribution in [0, 0.1) is 17.7 Å². The van der Waals surface area contributed by atoms with E-state index < -0.39 is 5.82 Å². The number of anilines is 1. The van der Waals surface area contributed by atoms with Crippen molar-refractivity contribution in [2.75, 3.05) is 31.1 Å². The first-order chi connectivity index (χ1) is 8.74. The van der Waals surface area contributed by atoms with E-state index in [1.807, 2.05) is 0 Å². The van der Waals surface area contributed by atoms with Gasteiger partial charge in [0.05, 0.1) is 11.9 Å². The predicted molar refractivity (Wildman–Crippen MR) is 70.5 cm³/mol. The number of nitrogens with one attached hydrogen (secondary N) is 1. The van der Waals surface area contributed by atoms with Gasteiger partial charge in [0.15, 0.2) is 11.0 Å². The fraction of sp³-hybridized carbons (Fsp3) is 0.615. The van der Waals surface area contributed by atoms with Gasteiger partial charge in [-0.1, -0.05) is 11.6 Å². The Balaban J connectivity index is 1.75. The summed E-state index contributed by atoms with van der Waals surface area (Å²) in [6.07, 6.45) is 4.05. The molecule has 3 rings (SSSR count). The molecule has 1 N–H and O–H groups in total. The first-order valence-corrected chi connectivity index (χ1v) is 6.88. The minimum absolute atomic E-state index is 0.0458. The summed E-state index contributed by atoms with van der Waals surface area (Å²) >= 11 is 5.62. The van der Waals surface area contributed by atoms with Crippen LogP contribution in [0.1, 0.15) is 12.8 Å². The Morgan fingerprint density at radius 2 is 2.28 bits per heavy atom. The molecule has 0 bridgehead atoms. The van der Waals surface area contributed by atoms with E-state index >= 15 is 0 Å². The molecular weight excluding hydrogens is 253 g/mol. The zero-order valence-corrected chi connectivity index (χ0v) is 11.0. The molecule has 2 aliphatic rings. The average Bonchev–Trinajstić information content (AvgIpc) is 2.41. The molecule has 0 amide bonds. The largest absolute Gasteiger partial charge is 0.370 e. The molecule has 3 nitrogen and oxygen atoms in total. The topological polar surface area (TPSA) is 28.2 Å². The van der Waals surface area contributed by atoms with Gasteiger partial charge in [-0.3, -0.25) is 0 Å². The van der Waals surface area contributed by atoms with Crippen molar-refractivity contribution in [3.05, 3.63) is 23.2 Å². The highest BCUT2D eigenvalue weighted by molar-refractivity contribution is 6.29. The summed E-state index contributed by atoms with van der Waals surface area (Å²) in [4.78, 5) is 6.13. The molecule has 1 aromatic heterocycles. The third kappa shape index (κ3) is 2.31. The van der Waals surface area contributed by atoms with E-state index in [-0.39, 0.29) is 5.15 Å². The number of hydrogen-bond donors (Lipinski definition) is 1. The second-order valence-electron chi connectivity index (χ2n) is 5.21. The number of nitrogens with zero attached hydrogens (tertiary/aromatic N) is 2. The van der Waals surface area contributed by atoms with Crippen LogP contribution in [-0.2, 0) is 0 Å². The number of fused-ring (bicyclic) bond motifs is 1. The quantitative estimate of drug-likeness (QED) is 0.793. The van der Waals surface area contributed by atoms with Crippen molar-refractivity contribution in [3.8, 4) is 0 Å². The Bertz CT molecular complexity index is 440. The lowest BCUT2D eigenvalue weighted by Crippen LogP contribution is -2.48. The minimum atomic E-state index is -0.429. The Hall–Kier alpha value is -0.870. The van der Waals surface area contributed by atoms with Crippen LogP contribution in [0.5, 0.6) is 0 Å². The molecule has 0 saturated carbocycles. The highest BCUT2D eigenvalue weighted by atomic mass is 35.5. The van der Waals surface area contributed by atoms with E-state index in [2.05, 4.69) is 15.2 Å². The summed E-state index contributed by atoms with van der Waals surface area (Å²) in [5, 5.41) is 3.40. The van der Waals surface area contributed by atoms with Crippen molar-refractivity contribution in [1.82, 2.24) is 10.3 Å². The van der Waals surface area contributed by atoms with E-state index in [1.54, 1.807) is 6.20 Å². The van der Waals surface area contributed by atoms with Crippen molar-refractivity contribution in [1.29, 1.82) is 0 Å². The normalized spacial score (nSPS) is 28.0. The molecule has 98 valence electrons. The van der Waals surface area contributed by atoms with Crippen LogP contribution >= 0.6 is 11.6 Å². The molecule has 1 aromatic rings. The van der Waals surface area contributed by atoms with Crippen LogP contribution in [0.3, 0.4) is 0 Å². The van der Waals surface area contributed by atoms with E-state index in [9.17, 15) is 4.39 Å². The maximum Gasteiger partial charge on any atom is 0.164 e. The van der Waals surface area contributed by atoms with Gasteiger partial charge < -0.3 is 10.2 Å². The summed E-state index contributed by atoms with van der Waals surface area (Å²) in [6.45, 7) is 4.22. The Kier molecular flexibility index (Phi) is 3.39. The van der Waals surface area contributed by atoms with Gasteiger partial charge in [-0.2, -0.15) is 0 Å². The van der Waals surface area contributed by atoms with Crippen LogP contribution in [0.4, 0.5) is 10.1 Å². The molecule has 2 saturated heterocycles. The maximum absolute atomic E-state index is 13.4. The van der Waals surface area contributed by atoms with Gasteiger partial charge in [0, 0.05) is 19.2 Å². The summed E-state index contributed by atoms with van der Waals surface area (Å²) < 4.78 is 13.4. The van der Waals surface area contributed by atoms with Crippen molar-refractivity contribution in [3.63, 3.8) is 0 Å². The molecule has 0 aromatic carbocycles. The first kappa shape index (κ1) is 12.2. The van der Waals surface area contributed by atoms with Gasteiger partial charge in [0.2, 0.25) is 0 Å². The van der Waals surface area contributed by atoms with Gasteiger partial charge in [-0.05, 0) is 37.8 Å². The molecule has 5 heteroatoms. The van der Waals surface area contributed by atoms with Gasteiger partial charge in [0.1, 0.15) is 0 Å². The van der Waals surface area contributed by atoms with Crippen molar-refractivity contribution in [2.45, 2.75) is 12.8 Å². The fourth-order valence-electron chi connectivity index (χ4n) is 3.07. The SMILES string of the molecule is Fc1cc(N2CC[C@H]3CNCC[C@H]3C2)cnc1Cl. The maximum atomic E-state index is 13.4. The Labute approximate surface area is 111 Å². The highest BCUT2D eigenvalue weighted by Gasteiger charge is 2.31. The van der Waals surface area contributed by atoms with Crippen molar-refractivity contribution in [2.24, 2.45) is 11.8 Å². The number of halogens is 2. The lowest BCUT2D eigenvalue weighted by molar-refractivity contribution is 0.218. The lowest BCUT2D eigenvalue weighted by atomic mass is 9.81. The number of hydrogen-bond acceptors (Lipinski definition) is 3. The highest BCUT2D eigenvalue weighted by Crippen LogP contribution is 2.31. The van der Waals surface area contributed by atoms with Gasteiger partial charge >= 0.3 is 0 Å². The number of rotatable bonds is 1. The van der Waals surface area contributed by atoms with E-state index in [0.717, 1.165) is 43.7 Å². The second-order valence-corrected chi connectivity index (χ2v) is 5.57. The molecule has 2 aliphatic heterocycles. The van der Waals surface area contributed by atoms with Crippen LogP contribution in [0.25, 0.3) is 0 Å². The molecular formula is C13H17ClFN3. The van der Waals surface area contributed by atoms with Crippen LogP contribution in [0.15, 0.2) is 12.3 Å². The van der Waals surface area contributed by atoms with Gasteiger partial charge in [-0.15, -0.1) is 0 Å². The minimum Gasteiger partial charge on any atom is -0.370 e.